The molecule has 0 spiro atoms. The van der Waals surface area contributed by atoms with E-state index in [1.807, 2.05) is 12.1 Å². The smallest absolute Gasteiger partial charge is 0.208 e. The second-order valence-corrected chi connectivity index (χ2v) is 5.45. The summed E-state index contributed by atoms with van der Waals surface area (Å²) in [6, 6.07) is 8.24. The minimum Gasteiger partial charge on any atom is -0.330 e. The Balaban J connectivity index is 2.30. The van der Waals surface area contributed by atoms with Crippen LogP contribution in [0, 0.1) is 3.95 Å². The lowest BCUT2D eigenvalue weighted by atomic mass is 10.0. The van der Waals surface area contributed by atoms with Gasteiger partial charge in [-0.15, -0.1) is 5.10 Å². The largest absolute Gasteiger partial charge is 0.330 e. The highest BCUT2D eigenvalue weighted by Gasteiger charge is 2.06. The third-order valence-corrected chi connectivity index (χ3v) is 3.27. The van der Waals surface area contributed by atoms with Crippen LogP contribution in [-0.4, -0.2) is 10.2 Å². The number of aromatic nitrogens is 2. The van der Waals surface area contributed by atoms with Crippen LogP contribution in [0.5, 0.6) is 0 Å². The highest BCUT2D eigenvalue weighted by atomic mass is 32.1. The summed E-state index contributed by atoms with van der Waals surface area (Å²) < 4.78 is 0.685. The maximum Gasteiger partial charge on any atom is 0.208 e. The standard InChI is InChI=1S/C11H13N3S2/c1-7(2)8-5-3-4-6-9(8)12-10-13-14-11(15)16-10/h3-7H,1-2H3,(H,12,13)(H,14,15). The number of nitrogens with zero attached hydrogens (tertiary/aromatic N) is 1. The van der Waals surface area contributed by atoms with Crippen molar-refractivity contribution in [1.82, 2.24) is 10.2 Å². The molecule has 2 aromatic rings. The van der Waals surface area contributed by atoms with Gasteiger partial charge in [0.15, 0.2) is 3.95 Å². The lowest BCUT2D eigenvalue weighted by molar-refractivity contribution is 0.869. The molecule has 16 heavy (non-hydrogen) atoms. The van der Waals surface area contributed by atoms with Gasteiger partial charge in [-0.2, -0.15) is 0 Å². The summed E-state index contributed by atoms with van der Waals surface area (Å²) in [5.74, 6) is 0.482. The molecule has 0 radical (unpaired) electrons. The Morgan fingerprint density at radius 2 is 2.12 bits per heavy atom. The SMILES string of the molecule is CC(C)c1ccccc1Nc1n[nH]c(=S)s1. The molecule has 0 saturated heterocycles. The highest BCUT2D eigenvalue weighted by molar-refractivity contribution is 7.73. The molecule has 0 aliphatic rings. The Morgan fingerprint density at radius 3 is 2.75 bits per heavy atom. The molecule has 0 fully saturated rings. The van der Waals surface area contributed by atoms with E-state index in [-0.39, 0.29) is 0 Å². The van der Waals surface area contributed by atoms with Crippen LogP contribution < -0.4 is 5.32 Å². The molecule has 0 aliphatic heterocycles. The van der Waals surface area contributed by atoms with Gasteiger partial charge in [0.25, 0.3) is 0 Å². The predicted molar refractivity (Wildman–Crippen MR) is 71.1 cm³/mol. The van der Waals surface area contributed by atoms with Crippen LogP contribution in [0.2, 0.25) is 0 Å². The summed E-state index contributed by atoms with van der Waals surface area (Å²) in [7, 11) is 0. The third kappa shape index (κ3) is 2.48. The summed E-state index contributed by atoms with van der Waals surface area (Å²) in [6.07, 6.45) is 0. The van der Waals surface area contributed by atoms with E-state index in [4.69, 9.17) is 12.2 Å². The van der Waals surface area contributed by atoms with Gasteiger partial charge in [-0.05, 0) is 29.8 Å². The van der Waals surface area contributed by atoms with Gasteiger partial charge in [0, 0.05) is 5.69 Å². The van der Waals surface area contributed by atoms with Crippen molar-refractivity contribution in [1.29, 1.82) is 0 Å². The Kier molecular flexibility index (Phi) is 3.36. The fraction of sp³-hybridized carbons (Fsp3) is 0.273. The summed E-state index contributed by atoms with van der Waals surface area (Å²) >= 11 is 6.43. The summed E-state index contributed by atoms with van der Waals surface area (Å²) in [5, 5.41) is 10.9. The fourth-order valence-corrected chi connectivity index (χ4v) is 2.31. The Hall–Kier alpha value is -1.20. The first-order chi connectivity index (χ1) is 7.66. The lowest BCUT2D eigenvalue weighted by Gasteiger charge is -2.12. The summed E-state index contributed by atoms with van der Waals surface area (Å²) in [5.41, 5.74) is 2.37. The van der Waals surface area contributed by atoms with Crippen molar-refractivity contribution < 1.29 is 0 Å². The Morgan fingerprint density at radius 1 is 1.38 bits per heavy atom. The van der Waals surface area contributed by atoms with Gasteiger partial charge < -0.3 is 5.32 Å². The van der Waals surface area contributed by atoms with Gasteiger partial charge in [0.05, 0.1) is 0 Å². The molecular formula is C11H13N3S2. The number of hydrogen-bond acceptors (Lipinski definition) is 4. The van der Waals surface area contributed by atoms with Gasteiger partial charge in [0.2, 0.25) is 5.13 Å². The Bertz CT molecular complexity index is 528. The van der Waals surface area contributed by atoms with E-state index in [1.54, 1.807) is 0 Å². The maximum atomic E-state index is 4.99. The molecule has 0 amide bonds. The van der Waals surface area contributed by atoms with Crippen LogP contribution in [-0.2, 0) is 0 Å². The van der Waals surface area contributed by atoms with Gasteiger partial charge in [-0.1, -0.05) is 43.4 Å². The first-order valence-electron chi connectivity index (χ1n) is 5.08. The van der Waals surface area contributed by atoms with Crippen LogP contribution in [0.3, 0.4) is 0 Å². The third-order valence-electron chi connectivity index (χ3n) is 2.26. The number of anilines is 2. The molecule has 1 heterocycles. The molecule has 1 aromatic carbocycles. The number of nitrogens with one attached hydrogen (secondary N) is 2. The van der Waals surface area contributed by atoms with E-state index in [9.17, 15) is 0 Å². The summed E-state index contributed by atoms with van der Waals surface area (Å²) in [4.78, 5) is 0. The second kappa shape index (κ2) is 4.76. The van der Waals surface area contributed by atoms with E-state index in [0.29, 0.717) is 9.87 Å². The van der Waals surface area contributed by atoms with Crippen molar-refractivity contribution >= 4 is 34.4 Å². The minimum absolute atomic E-state index is 0.482. The van der Waals surface area contributed by atoms with Crippen LogP contribution in [0.4, 0.5) is 10.8 Å². The van der Waals surface area contributed by atoms with Crippen LogP contribution in [0.15, 0.2) is 24.3 Å². The zero-order valence-corrected chi connectivity index (χ0v) is 10.8. The molecular weight excluding hydrogens is 238 g/mol. The number of hydrogen-bond donors (Lipinski definition) is 2. The first-order valence-corrected chi connectivity index (χ1v) is 6.31. The molecule has 0 saturated carbocycles. The summed E-state index contributed by atoms with van der Waals surface area (Å²) in [6.45, 7) is 4.35. The fourth-order valence-electron chi connectivity index (χ4n) is 1.51. The maximum absolute atomic E-state index is 4.99. The van der Waals surface area contributed by atoms with Gasteiger partial charge in [0.1, 0.15) is 0 Å². The van der Waals surface area contributed by atoms with Gasteiger partial charge in [-0.25, -0.2) is 0 Å². The van der Waals surface area contributed by atoms with E-state index in [1.165, 1.54) is 16.9 Å². The van der Waals surface area contributed by atoms with E-state index in [2.05, 4.69) is 41.5 Å². The quantitative estimate of drug-likeness (QED) is 0.808. The average Bonchev–Trinajstić information content (AvgIpc) is 2.64. The van der Waals surface area contributed by atoms with Crippen molar-refractivity contribution in [2.45, 2.75) is 19.8 Å². The topological polar surface area (TPSA) is 40.7 Å². The zero-order chi connectivity index (χ0) is 11.5. The Labute approximate surface area is 104 Å². The number of para-hydroxylation sites is 1. The zero-order valence-electron chi connectivity index (χ0n) is 9.15. The van der Waals surface area contributed by atoms with E-state index >= 15 is 0 Å². The predicted octanol–water partition coefficient (Wildman–Crippen LogP) is 4.07. The number of benzene rings is 1. The lowest BCUT2D eigenvalue weighted by Crippen LogP contribution is -1.97. The number of rotatable bonds is 3. The average molecular weight is 251 g/mol. The number of aromatic amines is 1. The number of H-pyrrole nitrogens is 1. The van der Waals surface area contributed by atoms with Gasteiger partial charge in [-0.3, -0.25) is 5.10 Å². The molecule has 0 unspecified atom stereocenters. The molecule has 5 heteroatoms. The van der Waals surface area contributed by atoms with Crippen LogP contribution in [0.1, 0.15) is 25.3 Å². The molecule has 3 nitrogen and oxygen atoms in total. The molecule has 84 valence electrons. The molecule has 2 N–H and O–H groups in total. The molecule has 0 aliphatic carbocycles. The van der Waals surface area contributed by atoms with Crippen molar-refractivity contribution in [3.05, 3.63) is 33.8 Å². The van der Waals surface area contributed by atoms with Crippen LogP contribution in [0.25, 0.3) is 0 Å². The van der Waals surface area contributed by atoms with Crippen molar-refractivity contribution in [2.75, 3.05) is 5.32 Å². The minimum atomic E-state index is 0.482. The monoisotopic (exact) mass is 251 g/mol. The second-order valence-electron chi connectivity index (χ2n) is 3.79. The van der Waals surface area contributed by atoms with Crippen molar-refractivity contribution in [3.8, 4) is 0 Å². The van der Waals surface area contributed by atoms with E-state index < -0.39 is 0 Å². The van der Waals surface area contributed by atoms with Gasteiger partial charge >= 0.3 is 0 Å². The van der Waals surface area contributed by atoms with Crippen molar-refractivity contribution in [3.63, 3.8) is 0 Å². The highest BCUT2D eigenvalue weighted by Crippen LogP contribution is 2.27. The molecule has 0 atom stereocenters. The van der Waals surface area contributed by atoms with Crippen LogP contribution >= 0.6 is 23.6 Å². The first kappa shape index (κ1) is 11.3. The van der Waals surface area contributed by atoms with E-state index in [0.717, 1.165) is 10.8 Å². The molecule has 0 bridgehead atoms. The van der Waals surface area contributed by atoms with Crippen molar-refractivity contribution in [2.24, 2.45) is 0 Å². The molecule has 1 aromatic heterocycles. The normalized spacial score (nSPS) is 10.7. The molecule has 2 rings (SSSR count).